The van der Waals surface area contributed by atoms with Gasteiger partial charge < -0.3 is 15.3 Å². The molecular weight excluding hydrogens is 428 g/mol. The van der Waals surface area contributed by atoms with Crippen LogP contribution < -0.4 is 5.32 Å². The molecule has 0 bridgehead atoms. The molecule has 7 nitrogen and oxygen atoms in total. The number of β-amino-alcohol motifs (C(OH)–C–C–N with tert-alkyl or cyclic N) is 1. The Bertz CT molecular complexity index is 852. The van der Waals surface area contributed by atoms with E-state index in [-0.39, 0.29) is 30.5 Å². The second kappa shape index (κ2) is 10.1. The summed E-state index contributed by atoms with van der Waals surface area (Å²) >= 11 is 6.39. The molecule has 0 spiro atoms. The number of halogens is 1. The number of nitrogens with one attached hydrogen (secondary N) is 1. The van der Waals surface area contributed by atoms with Crippen LogP contribution >= 0.6 is 11.6 Å². The average Bonchev–Trinajstić information content (AvgIpc) is 3.25. The maximum Gasteiger partial charge on any atom is 0.238 e. The van der Waals surface area contributed by atoms with Crippen molar-refractivity contribution >= 4 is 29.1 Å². The molecule has 1 atom stereocenters. The van der Waals surface area contributed by atoms with Gasteiger partial charge in [-0.25, -0.2) is 0 Å². The molecule has 176 valence electrons. The van der Waals surface area contributed by atoms with Crippen LogP contribution in [0.15, 0.2) is 12.1 Å². The van der Waals surface area contributed by atoms with E-state index >= 15 is 0 Å². The molecule has 2 N–H and O–H groups in total. The molecule has 3 aliphatic rings. The summed E-state index contributed by atoms with van der Waals surface area (Å²) in [7, 11) is 0. The minimum Gasteiger partial charge on any atom is -0.390 e. The number of piperazine rings is 1. The van der Waals surface area contributed by atoms with Gasteiger partial charge >= 0.3 is 0 Å². The number of carbonyl (C=O) groups excluding carboxylic acids is 2. The Morgan fingerprint density at radius 3 is 2.50 bits per heavy atom. The Balaban J connectivity index is 1.35. The number of hydrogen-bond acceptors (Lipinski definition) is 5. The lowest BCUT2D eigenvalue weighted by atomic mass is 10.0. The van der Waals surface area contributed by atoms with Crippen molar-refractivity contribution in [2.75, 3.05) is 44.6 Å². The first kappa shape index (κ1) is 23.5. The number of aliphatic hydroxyl groups is 1. The topological polar surface area (TPSA) is 76.1 Å². The fourth-order valence-electron chi connectivity index (χ4n) is 5.25. The zero-order chi connectivity index (χ0) is 22.8. The summed E-state index contributed by atoms with van der Waals surface area (Å²) in [4.78, 5) is 31.6. The van der Waals surface area contributed by atoms with E-state index in [0.717, 1.165) is 55.8 Å². The quantitative estimate of drug-likeness (QED) is 0.679. The Morgan fingerprint density at radius 2 is 1.84 bits per heavy atom. The monoisotopic (exact) mass is 462 g/mol. The predicted molar refractivity (Wildman–Crippen MR) is 126 cm³/mol. The van der Waals surface area contributed by atoms with Gasteiger partial charge in [-0.2, -0.15) is 0 Å². The van der Waals surface area contributed by atoms with Crippen LogP contribution in [0.5, 0.6) is 0 Å². The van der Waals surface area contributed by atoms with Gasteiger partial charge in [-0.3, -0.25) is 19.4 Å². The summed E-state index contributed by atoms with van der Waals surface area (Å²) in [5, 5.41) is 13.0. The number of carbonyl (C=O) groups is 2. The summed E-state index contributed by atoms with van der Waals surface area (Å²) in [6.45, 7) is 8.69. The third-order valence-electron chi connectivity index (χ3n) is 7.15. The summed E-state index contributed by atoms with van der Waals surface area (Å²) < 4.78 is 0. The zero-order valence-electron chi connectivity index (χ0n) is 19.1. The highest BCUT2D eigenvalue weighted by Crippen LogP contribution is 2.29. The van der Waals surface area contributed by atoms with Gasteiger partial charge in [0.2, 0.25) is 11.8 Å². The van der Waals surface area contributed by atoms with Crippen molar-refractivity contribution < 1.29 is 14.7 Å². The van der Waals surface area contributed by atoms with Crippen LogP contribution in [0.3, 0.4) is 0 Å². The number of hydrogen-bond donors (Lipinski definition) is 2. The molecule has 1 saturated carbocycles. The highest BCUT2D eigenvalue weighted by atomic mass is 35.5. The minimum atomic E-state index is -0.321. The van der Waals surface area contributed by atoms with Crippen molar-refractivity contribution in [1.82, 2.24) is 14.7 Å². The Kier molecular flexibility index (Phi) is 7.40. The van der Waals surface area contributed by atoms with E-state index in [4.69, 9.17) is 11.6 Å². The summed E-state index contributed by atoms with van der Waals surface area (Å²) in [6, 6.07) is 3.96. The van der Waals surface area contributed by atoms with Crippen molar-refractivity contribution in [3.05, 3.63) is 28.3 Å². The number of nitrogens with zero attached hydrogens (tertiary/aromatic N) is 3. The van der Waals surface area contributed by atoms with Gasteiger partial charge in [0.1, 0.15) is 0 Å². The molecule has 1 aromatic carbocycles. The highest BCUT2D eigenvalue weighted by Gasteiger charge is 2.33. The van der Waals surface area contributed by atoms with Crippen LogP contribution in [0.25, 0.3) is 0 Å². The highest BCUT2D eigenvalue weighted by molar-refractivity contribution is 6.31. The van der Waals surface area contributed by atoms with Crippen molar-refractivity contribution in [2.24, 2.45) is 5.92 Å². The SMILES string of the molecule is Cc1c(CN2CCN(C(=O)C3CCCC3)C(C)C2)cc(Cl)cc1NC(=O)CN1CC(O)C1. The fraction of sp³-hybridized carbons (Fsp3) is 0.667. The number of aliphatic hydroxyl groups excluding tert-OH is 1. The van der Waals surface area contributed by atoms with Gasteiger partial charge in [-0.15, -0.1) is 0 Å². The van der Waals surface area contributed by atoms with Crippen molar-refractivity contribution in [1.29, 1.82) is 0 Å². The third-order valence-corrected chi connectivity index (χ3v) is 7.37. The van der Waals surface area contributed by atoms with Gasteiger partial charge in [0, 0.05) is 61.9 Å². The van der Waals surface area contributed by atoms with Crippen LogP contribution in [0.4, 0.5) is 5.69 Å². The largest absolute Gasteiger partial charge is 0.390 e. The fourth-order valence-corrected chi connectivity index (χ4v) is 5.49. The van der Waals surface area contributed by atoms with Crippen molar-refractivity contribution in [3.63, 3.8) is 0 Å². The van der Waals surface area contributed by atoms with Gasteiger partial charge in [0.05, 0.1) is 12.6 Å². The van der Waals surface area contributed by atoms with Gasteiger partial charge in [0.25, 0.3) is 0 Å². The molecule has 2 saturated heterocycles. The van der Waals surface area contributed by atoms with Crippen LogP contribution in [0.2, 0.25) is 5.02 Å². The molecule has 2 aliphatic heterocycles. The Hall–Kier alpha value is -1.67. The molecule has 1 aliphatic carbocycles. The maximum atomic E-state index is 12.9. The molecule has 32 heavy (non-hydrogen) atoms. The molecule has 3 fully saturated rings. The average molecular weight is 463 g/mol. The maximum absolute atomic E-state index is 12.9. The number of rotatable bonds is 6. The van der Waals surface area contributed by atoms with E-state index in [1.165, 1.54) is 12.8 Å². The summed E-state index contributed by atoms with van der Waals surface area (Å²) in [6.07, 6.45) is 4.12. The second-order valence-corrected chi connectivity index (χ2v) is 10.2. The Labute approximate surface area is 195 Å². The van der Waals surface area contributed by atoms with Crippen LogP contribution in [-0.2, 0) is 16.1 Å². The number of anilines is 1. The van der Waals surface area contributed by atoms with E-state index in [2.05, 4.69) is 22.0 Å². The molecule has 0 radical (unpaired) electrons. The number of amides is 2. The molecular formula is C24H35ClN4O3. The standard InChI is InChI=1S/C24H35ClN4O3/c1-16-11-27(7-8-29(16)24(32)18-5-3-4-6-18)12-19-9-20(25)10-22(17(19)2)26-23(31)15-28-13-21(30)14-28/h9-10,16,18,21,30H,3-8,11-15H2,1-2H3,(H,26,31). The van der Waals surface area contributed by atoms with E-state index in [9.17, 15) is 14.7 Å². The Morgan fingerprint density at radius 1 is 1.12 bits per heavy atom. The van der Waals surface area contributed by atoms with E-state index in [0.29, 0.717) is 24.0 Å². The molecule has 1 aromatic rings. The van der Waals surface area contributed by atoms with E-state index < -0.39 is 0 Å². The van der Waals surface area contributed by atoms with Crippen LogP contribution in [0.1, 0.15) is 43.7 Å². The number of benzene rings is 1. The van der Waals surface area contributed by atoms with E-state index in [1.54, 1.807) is 6.07 Å². The van der Waals surface area contributed by atoms with Crippen molar-refractivity contribution in [2.45, 2.75) is 58.2 Å². The summed E-state index contributed by atoms with van der Waals surface area (Å²) in [5.74, 6) is 0.471. The number of likely N-dealkylation sites (tertiary alicyclic amines) is 1. The lowest BCUT2D eigenvalue weighted by Crippen LogP contribution is -2.54. The van der Waals surface area contributed by atoms with Crippen LogP contribution in [0, 0.1) is 12.8 Å². The second-order valence-electron chi connectivity index (χ2n) is 9.73. The van der Waals surface area contributed by atoms with E-state index in [1.807, 2.05) is 17.9 Å². The summed E-state index contributed by atoms with van der Waals surface area (Å²) in [5.41, 5.74) is 2.85. The normalized spacial score (nSPS) is 23.4. The van der Waals surface area contributed by atoms with Crippen molar-refractivity contribution in [3.8, 4) is 0 Å². The predicted octanol–water partition coefficient (Wildman–Crippen LogP) is 2.49. The van der Waals surface area contributed by atoms with Gasteiger partial charge in [-0.05, 0) is 49.9 Å². The molecule has 2 heterocycles. The molecule has 2 amide bonds. The lowest BCUT2D eigenvalue weighted by Gasteiger charge is -2.41. The first-order chi connectivity index (χ1) is 15.3. The van der Waals surface area contributed by atoms with Gasteiger partial charge in [-0.1, -0.05) is 24.4 Å². The first-order valence-corrected chi connectivity index (χ1v) is 12.2. The first-order valence-electron chi connectivity index (χ1n) is 11.8. The van der Waals surface area contributed by atoms with Crippen LogP contribution in [-0.4, -0.2) is 83.0 Å². The smallest absolute Gasteiger partial charge is 0.238 e. The van der Waals surface area contributed by atoms with Gasteiger partial charge in [0.15, 0.2) is 0 Å². The zero-order valence-corrected chi connectivity index (χ0v) is 19.9. The molecule has 1 unspecified atom stereocenters. The third kappa shape index (κ3) is 5.45. The lowest BCUT2D eigenvalue weighted by molar-refractivity contribution is -0.140. The molecule has 0 aromatic heterocycles. The molecule has 4 rings (SSSR count). The minimum absolute atomic E-state index is 0.0964. The molecule has 8 heteroatoms.